The lowest BCUT2D eigenvalue weighted by Crippen LogP contribution is -2.25. The van der Waals surface area contributed by atoms with Crippen LogP contribution in [0.3, 0.4) is 0 Å². The molecule has 3 rings (SSSR count). The molecule has 0 atom stereocenters. The fraction of sp³-hybridized carbons (Fsp3) is 0.158. The summed E-state index contributed by atoms with van der Waals surface area (Å²) in [6.45, 7) is 3.60. The number of aromatic nitrogens is 2. The van der Waals surface area contributed by atoms with Crippen LogP contribution < -0.4 is 16.0 Å². The van der Waals surface area contributed by atoms with Crippen LogP contribution in [0.5, 0.6) is 5.75 Å². The molecule has 136 valence electrons. The second-order valence-corrected chi connectivity index (χ2v) is 5.97. The predicted octanol–water partition coefficient (Wildman–Crippen LogP) is 2.16. The molecule has 0 aliphatic rings. The zero-order chi connectivity index (χ0) is 19.9. The number of nitrogens with two attached hydrogens (primary N) is 1. The third-order valence-corrected chi connectivity index (χ3v) is 4.42. The number of aryl methyl sites for hydroxylation is 1. The Bertz CT molecular complexity index is 1210. The molecule has 2 heterocycles. The van der Waals surface area contributed by atoms with Crippen LogP contribution in [0, 0.1) is 25.2 Å². The first-order valence-electron chi connectivity index (χ1n) is 7.95. The van der Waals surface area contributed by atoms with Crippen LogP contribution >= 0.6 is 0 Å². The van der Waals surface area contributed by atoms with Gasteiger partial charge in [-0.2, -0.15) is 5.26 Å². The number of anilines is 1. The van der Waals surface area contributed by atoms with Crippen molar-refractivity contribution in [2.24, 2.45) is 0 Å². The summed E-state index contributed by atoms with van der Waals surface area (Å²) >= 11 is 0. The van der Waals surface area contributed by atoms with Crippen LogP contribution in [0.2, 0.25) is 0 Å². The normalized spacial score (nSPS) is 10.6. The van der Waals surface area contributed by atoms with Crippen molar-refractivity contribution in [1.29, 1.82) is 5.26 Å². The van der Waals surface area contributed by atoms with E-state index in [9.17, 15) is 14.9 Å². The lowest BCUT2D eigenvalue weighted by Gasteiger charge is -2.19. The molecule has 8 nitrogen and oxygen atoms in total. The van der Waals surface area contributed by atoms with E-state index in [1.54, 1.807) is 19.1 Å². The van der Waals surface area contributed by atoms with Gasteiger partial charge in [0.25, 0.3) is 5.56 Å². The highest BCUT2D eigenvalue weighted by molar-refractivity contribution is 5.93. The van der Waals surface area contributed by atoms with Crippen molar-refractivity contribution >= 4 is 22.7 Å². The number of hydrogen-bond donors (Lipinski definition) is 2. The highest BCUT2D eigenvalue weighted by Gasteiger charge is 2.21. The maximum Gasteiger partial charge on any atom is 0.354 e. The minimum Gasteiger partial charge on any atom is -0.496 e. The Morgan fingerprint density at radius 2 is 2.00 bits per heavy atom. The van der Waals surface area contributed by atoms with E-state index in [-0.39, 0.29) is 28.0 Å². The van der Waals surface area contributed by atoms with Crippen LogP contribution in [0.1, 0.15) is 27.2 Å². The molecule has 0 bridgehead atoms. The lowest BCUT2D eigenvalue weighted by molar-refractivity contribution is 0.0691. The highest BCUT2D eigenvalue weighted by atomic mass is 16.5. The number of aromatic carboxylic acids is 1. The van der Waals surface area contributed by atoms with Crippen molar-refractivity contribution < 1.29 is 14.6 Å². The fourth-order valence-corrected chi connectivity index (χ4v) is 3.12. The van der Waals surface area contributed by atoms with Gasteiger partial charge < -0.3 is 15.6 Å². The third kappa shape index (κ3) is 2.66. The van der Waals surface area contributed by atoms with Crippen molar-refractivity contribution in [3.8, 4) is 17.5 Å². The van der Waals surface area contributed by atoms with E-state index in [0.717, 1.165) is 5.56 Å². The lowest BCUT2D eigenvalue weighted by atomic mass is 10.1. The molecule has 1 aromatic carbocycles. The zero-order valence-corrected chi connectivity index (χ0v) is 14.9. The maximum atomic E-state index is 13.1. The summed E-state index contributed by atoms with van der Waals surface area (Å²) in [6, 6.07) is 8.07. The third-order valence-electron chi connectivity index (χ3n) is 4.42. The van der Waals surface area contributed by atoms with Gasteiger partial charge in [0.2, 0.25) is 0 Å². The van der Waals surface area contributed by atoms with Gasteiger partial charge in [-0.05, 0) is 37.6 Å². The van der Waals surface area contributed by atoms with Crippen molar-refractivity contribution in [1.82, 2.24) is 9.55 Å². The largest absolute Gasteiger partial charge is 0.496 e. The second-order valence-electron chi connectivity index (χ2n) is 5.97. The number of carbonyl (C=O) groups is 1. The van der Waals surface area contributed by atoms with Gasteiger partial charge in [-0.15, -0.1) is 0 Å². The molecule has 0 amide bonds. The molecule has 8 heteroatoms. The number of hydrogen-bond acceptors (Lipinski definition) is 6. The summed E-state index contributed by atoms with van der Waals surface area (Å²) in [7, 11) is 1.52. The van der Waals surface area contributed by atoms with Crippen LogP contribution in [-0.4, -0.2) is 27.7 Å². The van der Waals surface area contributed by atoms with E-state index >= 15 is 0 Å². The molecule has 3 N–H and O–H groups in total. The minimum atomic E-state index is -1.26. The van der Waals surface area contributed by atoms with Gasteiger partial charge in [0, 0.05) is 5.56 Å². The topological polar surface area (TPSA) is 131 Å². The summed E-state index contributed by atoms with van der Waals surface area (Å²) in [5.41, 5.74) is 7.26. The Balaban J connectivity index is 2.51. The number of methoxy groups -OCH3 is 1. The number of fused-ring (bicyclic) bond motifs is 1. The molecule has 0 aliphatic heterocycles. The Labute approximate surface area is 154 Å². The second kappa shape index (κ2) is 6.46. The molecular weight excluding hydrogens is 348 g/mol. The number of ether oxygens (including phenoxy) is 1. The van der Waals surface area contributed by atoms with Gasteiger partial charge in [-0.25, -0.2) is 9.78 Å². The van der Waals surface area contributed by atoms with Gasteiger partial charge in [0.15, 0.2) is 0 Å². The SMILES string of the molecule is COc1ccc(C)c(-n2c(N)c(C#N)c3nc(C(=O)O)ccc3c2=O)c1C. The van der Waals surface area contributed by atoms with E-state index in [1.165, 1.54) is 23.8 Å². The highest BCUT2D eigenvalue weighted by Crippen LogP contribution is 2.30. The molecule has 0 radical (unpaired) electrons. The molecular formula is C19H16N4O4. The number of rotatable bonds is 3. The van der Waals surface area contributed by atoms with Crippen LogP contribution in [-0.2, 0) is 0 Å². The van der Waals surface area contributed by atoms with E-state index in [4.69, 9.17) is 15.6 Å². The molecule has 0 saturated heterocycles. The van der Waals surface area contributed by atoms with E-state index in [2.05, 4.69) is 4.98 Å². The fourth-order valence-electron chi connectivity index (χ4n) is 3.12. The van der Waals surface area contributed by atoms with Crippen molar-refractivity contribution in [2.75, 3.05) is 12.8 Å². The summed E-state index contributed by atoms with van der Waals surface area (Å²) in [4.78, 5) is 28.3. The summed E-state index contributed by atoms with van der Waals surface area (Å²) in [6.07, 6.45) is 0. The van der Waals surface area contributed by atoms with E-state index in [1.807, 2.05) is 13.0 Å². The first-order valence-corrected chi connectivity index (χ1v) is 7.95. The van der Waals surface area contributed by atoms with Crippen molar-refractivity contribution in [2.45, 2.75) is 13.8 Å². The average Bonchev–Trinajstić information content (AvgIpc) is 2.64. The zero-order valence-electron chi connectivity index (χ0n) is 14.9. The summed E-state index contributed by atoms with van der Waals surface area (Å²) < 4.78 is 6.58. The van der Waals surface area contributed by atoms with Gasteiger partial charge in [0.1, 0.15) is 28.9 Å². The standard InChI is InChI=1S/C19H16N4O4/c1-9-4-7-14(27-3)10(2)16(9)23-17(21)12(8-20)15-11(18(23)24)5-6-13(22-15)19(25)26/h4-7H,21H2,1-3H3,(H,25,26). The Kier molecular flexibility index (Phi) is 4.29. The van der Waals surface area contributed by atoms with Gasteiger partial charge in [0.05, 0.1) is 23.7 Å². The van der Waals surface area contributed by atoms with Gasteiger partial charge in [-0.1, -0.05) is 6.07 Å². The number of pyridine rings is 2. The molecule has 0 unspecified atom stereocenters. The molecule has 27 heavy (non-hydrogen) atoms. The molecule has 0 saturated carbocycles. The van der Waals surface area contributed by atoms with Gasteiger partial charge in [-0.3, -0.25) is 9.36 Å². The number of benzene rings is 1. The van der Waals surface area contributed by atoms with E-state index in [0.29, 0.717) is 17.0 Å². The number of carboxylic acid groups (broad SMARTS) is 1. The van der Waals surface area contributed by atoms with Crippen LogP contribution in [0.25, 0.3) is 16.6 Å². The van der Waals surface area contributed by atoms with Crippen LogP contribution in [0.4, 0.5) is 5.82 Å². The minimum absolute atomic E-state index is 0.0330. The quantitative estimate of drug-likeness (QED) is 0.728. The first-order chi connectivity index (χ1) is 12.8. The van der Waals surface area contributed by atoms with Crippen molar-refractivity contribution in [3.63, 3.8) is 0 Å². The Hall–Kier alpha value is -3.86. The summed E-state index contributed by atoms with van der Waals surface area (Å²) in [5.74, 6) is -0.799. The number of nitrogen functional groups attached to an aromatic ring is 1. The Morgan fingerprint density at radius 1 is 1.30 bits per heavy atom. The average molecular weight is 364 g/mol. The summed E-state index contributed by atoms with van der Waals surface area (Å²) in [5, 5.41) is 18.8. The predicted molar refractivity (Wildman–Crippen MR) is 99.5 cm³/mol. The molecule has 0 spiro atoms. The molecule has 3 aromatic rings. The number of nitriles is 1. The van der Waals surface area contributed by atoms with Crippen molar-refractivity contribution in [3.05, 3.63) is 57.0 Å². The monoisotopic (exact) mass is 364 g/mol. The van der Waals surface area contributed by atoms with E-state index < -0.39 is 11.5 Å². The van der Waals surface area contributed by atoms with Gasteiger partial charge >= 0.3 is 5.97 Å². The number of nitrogens with zero attached hydrogens (tertiary/aromatic N) is 3. The molecule has 0 fully saturated rings. The molecule has 0 aliphatic carbocycles. The molecule has 2 aromatic heterocycles. The number of carboxylic acids is 1. The maximum absolute atomic E-state index is 13.1. The Morgan fingerprint density at radius 3 is 2.59 bits per heavy atom. The first kappa shape index (κ1) is 17.9. The smallest absolute Gasteiger partial charge is 0.354 e. The van der Waals surface area contributed by atoms with Crippen LogP contribution in [0.15, 0.2) is 29.1 Å².